The smallest absolute Gasteiger partial charge is 0.418 e. The number of nitrogens with one attached hydrogen (secondary N) is 1. The molecule has 2 aliphatic heterocycles. The van der Waals surface area contributed by atoms with Crippen LogP contribution in [0.15, 0.2) is 30.5 Å². The Hall–Kier alpha value is -3.08. The SMILES string of the molecule is C[C@@H]1C[C@H](NC(=O)CN2CC(N(C)C(=O)OC(C)(C)C)C2)CN(c2ccc(C(F)(F)F)c3ncccc23)C1. The summed E-state index contributed by atoms with van der Waals surface area (Å²) in [6.45, 7) is 10.1. The number of amides is 2. The van der Waals surface area contributed by atoms with E-state index in [2.05, 4.69) is 17.2 Å². The van der Waals surface area contributed by atoms with E-state index < -0.39 is 17.3 Å². The molecule has 1 aromatic heterocycles. The summed E-state index contributed by atoms with van der Waals surface area (Å²) in [7, 11) is 1.70. The van der Waals surface area contributed by atoms with Gasteiger partial charge in [0.05, 0.1) is 23.7 Å². The van der Waals surface area contributed by atoms with Gasteiger partial charge in [-0.3, -0.25) is 14.7 Å². The lowest BCUT2D eigenvalue weighted by molar-refractivity contribution is -0.136. The lowest BCUT2D eigenvalue weighted by atomic mass is 9.94. The Kier molecular flexibility index (Phi) is 7.79. The molecule has 11 heteroatoms. The van der Waals surface area contributed by atoms with Crippen LogP contribution in [0.1, 0.15) is 39.7 Å². The third-order valence-corrected chi connectivity index (χ3v) is 6.95. The number of anilines is 1. The van der Waals surface area contributed by atoms with Crippen LogP contribution >= 0.6 is 0 Å². The molecule has 2 aliphatic rings. The molecule has 2 fully saturated rings. The quantitative estimate of drug-likeness (QED) is 0.620. The first-order valence-electron chi connectivity index (χ1n) is 12.9. The molecule has 2 amide bonds. The molecule has 2 saturated heterocycles. The second-order valence-corrected chi connectivity index (χ2v) is 11.5. The average Bonchev–Trinajstić information content (AvgIpc) is 2.77. The van der Waals surface area contributed by atoms with Gasteiger partial charge in [-0.2, -0.15) is 13.2 Å². The zero-order valence-corrected chi connectivity index (χ0v) is 22.5. The first-order valence-corrected chi connectivity index (χ1v) is 12.9. The molecule has 0 radical (unpaired) electrons. The van der Waals surface area contributed by atoms with Crippen LogP contribution in [0.2, 0.25) is 0 Å². The van der Waals surface area contributed by atoms with Crippen molar-refractivity contribution >= 4 is 28.6 Å². The summed E-state index contributed by atoms with van der Waals surface area (Å²) in [5.74, 6) is 0.125. The fraction of sp³-hybridized carbons (Fsp3) is 0.593. The van der Waals surface area contributed by atoms with E-state index in [1.165, 1.54) is 12.3 Å². The molecular formula is C27H36F3N5O3. The maximum atomic E-state index is 13.5. The van der Waals surface area contributed by atoms with Crippen LogP contribution in [0.5, 0.6) is 0 Å². The van der Waals surface area contributed by atoms with E-state index in [0.717, 1.165) is 12.5 Å². The zero-order chi connectivity index (χ0) is 27.8. The standard InChI is InChI=1S/C27H36F3N5O3/c1-17-11-18(32-23(36)16-34-14-19(15-34)33(5)25(37)38-26(2,3)4)13-35(12-17)22-9-8-21(27(28,29)30)24-20(22)7-6-10-31-24/h6-10,17-19H,11-16H2,1-5H3,(H,32,36)/t17-,18+/m1/s1. The van der Waals surface area contributed by atoms with E-state index in [1.54, 1.807) is 24.1 Å². The van der Waals surface area contributed by atoms with Crippen molar-refractivity contribution in [3.8, 4) is 0 Å². The zero-order valence-electron chi connectivity index (χ0n) is 22.5. The van der Waals surface area contributed by atoms with Crippen LogP contribution in [0.3, 0.4) is 0 Å². The molecule has 2 atom stereocenters. The molecule has 0 spiro atoms. The summed E-state index contributed by atoms with van der Waals surface area (Å²) >= 11 is 0. The van der Waals surface area contributed by atoms with Crippen LogP contribution in [0, 0.1) is 5.92 Å². The van der Waals surface area contributed by atoms with Gasteiger partial charge in [-0.1, -0.05) is 6.92 Å². The van der Waals surface area contributed by atoms with E-state index in [1.807, 2.05) is 30.6 Å². The highest BCUT2D eigenvalue weighted by Gasteiger charge is 2.37. The van der Waals surface area contributed by atoms with Gasteiger partial charge in [-0.25, -0.2) is 4.79 Å². The van der Waals surface area contributed by atoms with Crippen LogP contribution in [0.4, 0.5) is 23.7 Å². The number of carbonyl (C=O) groups is 2. The second-order valence-electron chi connectivity index (χ2n) is 11.5. The Morgan fingerprint density at radius 2 is 1.84 bits per heavy atom. The van der Waals surface area contributed by atoms with Gasteiger partial charge in [-0.05, 0) is 57.4 Å². The van der Waals surface area contributed by atoms with Crippen molar-refractivity contribution in [2.24, 2.45) is 5.92 Å². The van der Waals surface area contributed by atoms with Crippen molar-refractivity contribution in [3.63, 3.8) is 0 Å². The Balaban J connectivity index is 1.35. The number of piperidine rings is 1. The third kappa shape index (κ3) is 6.48. The number of aromatic nitrogens is 1. The van der Waals surface area contributed by atoms with E-state index in [-0.39, 0.29) is 42.1 Å². The number of carbonyl (C=O) groups excluding carboxylic acids is 2. The summed E-state index contributed by atoms with van der Waals surface area (Å²) in [5.41, 5.74) is -0.706. The predicted octanol–water partition coefficient (Wildman–Crippen LogP) is 4.14. The number of pyridine rings is 1. The highest BCUT2D eigenvalue weighted by atomic mass is 19.4. The van der Waals surface area contributed by atoms with E-state index in [0.29, 0.717) is 37.3 Å². The van der Waals surface area contributed by atoms with E-state index in [4.69, 9.17) is 4.74 Å². The van der Waals surface area contributed by atoms with Gasteiger partial charge in [0.2, 0.25) is 5.91 Å². The van der Waals surface area contributed by atoms with Crippen molar-refractivity contribution < 1.29 is 27.5 Å². The number of alkyl halides is 3. The van der Waals surface area contributed by atoms with Gasteiger partial charge in [0, 0.05) is 56.5 Å². The summed E-state index contributed by atoms with van der Waals surface area (Å²) < 4.78 is 46.0. The minimum Gasteiger partial charge on any atom is -0.444 e. The number of ether oxygens (including phenoxy) is 1. The number of hydrogen-bond acceptors (Lipinski definition) is 6. The van der Waals surface area contributed by atoms with Crippen LogP contribution in [0.25, 0.3) is 10.9 Å². The molecule has 38 heavy (non-hydrogen) atoms. The molecule has 1 aromatic carbocycles. The molecule has 3 heterocycles. The van der Waals surface area contributed by atoms with E-state index in [9.17, 15) is 22.8 Å². The van der Waals surface area contributed by atoms with Gasteiger partial charge >= 0.3 is 12.3 Å². The average molecular weight is 536 g/mol. The highest BCUT2D eigenvalue weighted by Crippen LogP contribution is 2.38. The Morgan fingerprint density at radius 1 is 1.13 bits per heavy atom. The number of likely N-dealkylation sites (tertiary alicyclic amines) is 1. The van der Waals surface area contributed by atoms with Crippen molar-refractivity contribution in [2.75, 3.05) is 44.7 Å². The fourth-order valence-electron chi connectivity index (χ4n) is 5.19. The summed E-state index contributed by atoms with van der Waals surface area (Å²) in [4.78, 5) is 34.7. The summed E-state index contributed by atoms with van der Waals surface area (Å²) in [6, 6.07) is 5.75. The normalized spacial score (nSPS) is 21.2. The molecule has 8 nitrogen and oxygen atoms in total. The molecular weight excluding hydrogens is 499 g/mol. The van der Waals surface area contributed by atoms with Gasteiger partial charge in [0.15, 0.2) is 0 Å². The molecule has 4 rings (SSSR count). The summed E-state index contributed by atoms with van der Waals surface area (Å²) in [6.07, 6.45) is -2.72. The molecule has 0 saturated carbocycles. The Labute approximate surface area is 221 Å². The van der Waals surface area contributed by atoms with Crippen LogP contribution < -0.4 is 10.2 Å². The number of rotatable bonds is 5. The maximum absolute atomic E-state index is 13.5. The Bertz CT molecular complexity index is 1180. The molecule has 0 bridgehead atoms. The number of fused-ring (bicyclic) bond motifs is 1. The largest absolute Gasteiger partial charge is 0.444 e. The van der Waals surface area contributed by atoms with Crippen LogP contribution in [-0.2, 0) is 15.7 Å². The number of nitrogens with zero attached hydrogens (tertiary/aromatic N) is 4. The van der Waals surface area contributed by atoms with Crippen LogP contribution in [-0.4, -0.2) is 84.2 Å². The monoisotopic (exact) mass is 535 g/mol. The second kappa shape index (κ2) is 10.6. The predicted molar refractivity (Wildman–Crippen MR) is 139 cm³/mol. The molecule has 1 N–H and O–H groups in total. The first kappa shape index (κ1) is 27.9. The van der Waals surface area contributed by atoms with Crippen molar-refractivity contribution in [3.05, 3.63) is 36.0 Å². The lowest BCUT2D eigenvalue weighted by Crippen LogP contribution is -2.62. The summed E-state index contributed by atoms with van der Waals surface area (Å²) in [5, 5.41) is 3.55. The molecule has 0 aliphatic carbocycles. The molecule has 0 unspecified atom stereocenters. The topological polar surface area (TPSA) is 78.0 Å². The lowest BCUT2D eigenvalue weighted by Gasteiger charge is -2.44. The van der Waals surface area contributed by atoms with Gasteiger partial charge < -0.3 is 19.9 Å². The third-order valence-electron chi connectivity index (χ3n) is 6.95. The number of likely N-dealkylation sites (N-methyl/N-ethyl adjacent to an activating group) is 1. The van der Waals surface area contributed by atoms with Crippen molar-refractivity contribution in [1.29, 1.82) is 0 Å². The number of hydrogen-bond donors (Lipinski definition) is 1. The Morgan fingerprint density at radius 3 is 2.50 bits per heavy atom. The first-order chi connectivity index (χ1) is 17.7. The highest BCUT2D eigenvalue weighted by molar-refractivity contribution is 5.94. The molecule has 2 aromatic rings. The van der Waals surface area contributed by atoms with E-state index >= 15 is 0 Å². The minimum absolute atomic E-state index is 0.00981. The van der Waals surface area contributed by atoms with Crippen molar-refractivity contribution in [1.82, 2.24) is 20.1 Å². The number of halogens is 3. The van der Waals surface area contributed by atoms with Gasteiger partial charge in [0.25, 0.3) is 0 Å². The minimum atomic E-state index is -4.49. The molecule has 208 valence electrons. The van der Waals surface area contributed by atoms with Gasteiger partial charge in [0.1, 0.15) is 5.60 Å². The maximum Gasteiger partial charge on any atom is 0.418 e. The fourth-order valence-corrected chi connectivity index (χ4v) is 5.19. The number of benzene rings is 1. The van der Waals surface area contributed by atoms with Crippen molar-refractivity contribution in [2.45, 2.75) is 58.0 Å². The van der Waals surface area contributed by atoms with Gasteiger partial charge in [-0.15, -0.1) is 0 Å².